The first-order chi connectivity index (χ1) is 14.0. The van der Waals surface area contributed by atoms with Crippen LogP contribution in [0.1, 0.15) is 46.1 Å². The van der Waals surface area contributed by atoms with Crippen LogP contribution in [0.25, 0.3) is 5.65 Å². The van der Waals surface area contributed by atoms with E-state index in [0.717, 1.165) is 35.4 Å². The third kappa shape index (κ3) is 3.99. The van der Waals surface area contributed by atoms with E-state index >= 15 is 0 Å². The number of carbonyl (C=O) groups is 2. The standard InChI is InChI=1S/C22H25N5O2/c1-15-8-9-17(12-16(15)2)22(29)23-13-20(28)26-10-5-6-18(14-26)21-25-24-19-7-3-4-11-27(19)21/h3-4,7-9,11-12,18H,5-6,10,13-14H2,1-2H3,(H,23,29). The van der Waals surface area contributed by atoms with E-state index < -0.39 is 0 Å². The molecular weight excluding hydrogens is 366 g/mol. The smallest absolute Gasteiger partial charge is 0.251 e. The lowest BCUT2D eigenvalue weighted by Gasteiger charge is -2.32. The number of nitrogens with zero attached hydrogens (tertiary/aromatic N) is 4. The Labute approximate surface area is 169 Å². The monoisotopic (exact) mass is 391 g/mol. The van der Waals surface area contributed by atoms with Crippen molar-refractivity contribution >= 4 is 17.5 Å². The van der Waals surface area contributed by atoms with Gasteiger partial charge in [-0.25, -0.2) is 0 Å². The van der Waals surface area contributed by atoms with Gasteiger partial charge in [0.2, 0.25) is 5.91 Å². The Morgan fingerprint density at radius 2 is 2.00 bits per heavy atom. The van der Waals surface area contributed by atoms with Crippen molar-refractivity contribution in [3.8, 4) is 0 Å². The molecule has 7 heteroatoms. The molecule has 1 unspecified atom stereocenters. The summed E-state index contributed by atoms with van der Waals surface area (Å²) >= 11 is 0. The molecule has 1 aliphatic heterocycles. The zero-order valence-electron chi connectivity index (χ0n) is 16.8. The molecule has 7 nitrogen and oxygen atoms in total. The van der Waals surface area contributed by atoms with Gasteiger partial charge in [-0.3, -0.25) is 14.0 Å². The number of amides is 2. The normalized spacial score (nSPS) is 16.8. The van der Waals surface area contributed by atoms with Crippen LogP contribution in [-0.2, 0) is 4.79 Å². The van der Waals surface area contributed by atoms with Gasteiger partial charge in [0.05, 0.1) is 6.54 Å². The summed E-state index contributed by atoms with van der Waals surface area (Å²) in [6.45, 7) is 5.27. The van der Waals surface area contributed by atoms with Crippen molar-refractivity contribution in [1.29, 1.82) is 0 Å². The highest BCUT2D eigenvalue weighted by molar-refractivity contribution is 5.96. The number of likely N-dealkylation sites (tertiary alicyclic amines) is 1. The molecule has 1 fully saturated rings. The predicted octanol–water partition coefficient (Wildman–Crippen LogP) is 2.48. The van der Waals surface area contributed by atoms with Gasteiger partial charge < -0.3 is 10.2 Å². The van der Waals surface area contributed by atoms with E-state index in [9.17, 15) is 9.59 Å². The third-order valence-corrected chi connectivity index (χ3v) is 5.65. The number of fused-ring (bicyclic) bond motifs is 1. The van der Waals surface area contributed by atoms with Gasteiger partial charge in [0.15, 0.2) is 5.65 Å². The summed E-state index contributed by atoms with van der Waals surface area (Å²) in [5.41, 5.74) is 3.58. The van der Waals surface area contributed by atoms with Crippen LogP contribution in [0.2, 0.25) is 0 Å². The summed E-state index contributed by atoms with van der Waals surface area (Å²) in [6, 6.07) is 11.4. The van der Waals surface area contributed by atoms with Gasteiger partial charge in [0.25, 0.3) is 5.91 Å². The summed E-state index contributed by atoms with van der Waals surface area (Å²) in [5, 5.41) is 11.3. The highest BCUT2D eigenvalue weighted by Gasteiger charge is 2.28. The number of piperidine rings is 1. The average molecular weight is 391 g/mol. The van der Waals surface area contributed by atoms with Crippen molar-refractivity contribution in [1.82, 2.24) is 24.8 Å². The van der Waals surface area contributed by atoms with Crippen molar-refractivity contribution in [3.63, 3.8) is 0 Å². The number of nitrogens with one attached hydrogen (secondary N) is 1. The van der Waals surface area contributed by atoms with E-state index in [4.69, 9.17) is 0 Å². The molecule has 0 radical (unpaired) electrons. The minimum atomic E-state index is -0.224. The largest absolute Gasteiger partial charge is 0.343 e. The number of aromatic nitrogens is 3. The van der Waals surface area contributed by atoms with Crippen LogP contribution in [-0.4, -0.2) is 50.9 Å². The molecule has 3 aromatic rings. The Morgan fingerprint density at radius 3 is 2.83 bits per heavy atom. The quantitative estimate of drug-likeness (QED) is 0.741. The lowest BCUT2D eigenvalue weighted by atomic mass is 9.97. The fourth-order valence-corrected chi connectivity index (χ4v) is 3.81. The minimum Gasteiger partial charge on any atom is -0.343 e. The molecule has 0 aliphatic carbocycles. The summed E-state index contributed by atoms with van der Waals surface area (Å²) in [5.74, 6) is 0.733. The molecule has 0 saturated carbocycles. The topological polar surface area (TPSA) is 79.6 Å². The maximum atomic E-state index is 12.7. The third-order valence-electron chi connectivity index (χ3n) is 5.65. The molecule has 150 valence electrons. The second kappa shape index (κ2) is 8.03. The van der Waals surface area contributed by atoms with Gasteiger partial charge in [-0.1, -0.05) is 12.1 Å². The molecule has 4 rings (SSSR count). The first kappa shape index (κ1) is 19.1. The number of rotatable bonds is 4. The Morgan fingerprint density at radius 1 is 1.14 bits per heavy atom. The number of hydrogen-bond donors (Lipinski definition) is 1. The van der Waals surface area contributed by atoms with Crippen molar-refractivity contribution < 1.29 is 9.59 Å². The predicted molar refractivity (Wildman–Crippen MR) is 110 cm³/mol. The zero-order valence-corrected chi connectivity index (χ0v) is 16.8. The molecule has 1 aromatic carbocycles. The molecule has 0 spiro atoms. The van der Waals surface area contributed by atoms with E-state index in [-0.39, 0.29) is 24.3 Å². The van der Waals surface area contributed by atoms with Gasteiger partial charge in [0.1, 0.15) is 5.82 Å². The first-order valence-electron chi connectivity index (χ1n) is 9.96. The zero-order chi connectivity index (χ0) is 20.4. The van der Waals surface area contributed by atoms with E-state index in [1.165, 1.54) is 0 Å². The van der Waals surface area contributed by atoms with Gasteiger partial charge >= 0.3 is 0 Å². The Balaban J connectivity index is 1.38. The van der Waals surface area contributed by atoms with E-state index in [1.54, 1.807) is 6.07 Å². The maximum absolute atomic E-state index is 12.7. The molecule has 0 bridgehead atoms. The fraction of sp³-hybridized carbons (Fsp3) is 0.364. The van der Waals surface area contributed by atoms with Crippen LogP contribution in [0.15, 0.2) is 42.6 Å². The second-order valence-electron chi connectivity index (χ2n) is 7.65. The number of carbonyl (C=O) groups excluding carboxylic acids is 2. The van der Waals surface area contributed by atoms with E-state index in [1.807, 2.05) is 59.7 Å². The van der Waals surface area contributed by atoms with Crippen LogP contribution in [0.3, 0.4) is 0 Å². The lowest BCUT2D eigenvalue weighted by Crippen LogP contribution is -2.44. The highest BCUT2D eigenvalue weighted by Crippen LogP contribution is 2.26. The van der Waals surface area contributed by atoms with Crippen LogP contribution in [0.5, 0.6) is 0 Å². The van der Waals surface area contributed by atoms with Crippen LogP contribution in [0.4, 0.5) is 0 Å². The molecular formula is C22H25N5O2. The molecule has 29 heavy (non-hydrogen) atoms. The van der Waals surface area contributed by atoms with Crippen LogP contribution in [0, 0.1) is 13.8 Å². The van der Waals surface area contributed by atoms with E-state index in [2.05, 4.69) is 15.5 Å². The SMILES string of the molecule is Cc1ccc(C(=O)NCC(=O)N2CCCC(c3nnc4ccccn34)C2)cc1C. The van der Waals surface area contributed by atoms with Crippen molar-refractivity contribution in [2.24, 2.45) is 0 Å². The summed E-state index contributed by atoms with van der Waals surface area (Å²) < 4.78 is 1.99. The highest BCUT2D eigenvalue weighted by atomic mass is 16.2. The van der Waals surface area contributed by atoms with Crippen molar-refractivity contribution in [2.45, 2.75) is 32.6 Å². The van der Waals surface area contributed by atoms with Crippen LogP contribution < -0.4 is 5.32 Å². The van der Waals surface area contributed by atoms with Gasteiger partial charge in [-0.05, 0) is 62.1 Å². The molecule has 2 amide bonds. The van der Waals surface area contributed by atoms with E-state index in [0.29, 0.717) is 18.7 Å². The molecule has 1 saturated heterocycles. The number of benzene rings is 1. The number of aryl methyl sites for hydroxylation is 2. The number of hydrogen-bond acceptors (Lipinski definition) is 4. The number of pyridine rings is 1. The van der Waals surface area contributed by atoms with Gasteiger partial charge in [-0.15, -0.1) is 10.2 Å². The Kier molecular flexibility index (Phi) is 5.29. The lowest BCUT2D eigenvalue weighted by molar-refractivity contribution is -0.131. The van der Waals surface area contributed by atoms with Gasteiger partial charge in [0, 0.05) is 30.8 Å². The Bertz CT molecular complexity index is 1060. The summed E-state index contributed by atoms with van der Waals surface area (Å²) in [6.07, 6.45) is 3.83. The summed E-state index contributed by atoms with van der Waals surface area (Å²) in [7, 11) is 0. The molecule has 2 aromatic heterocycles. The van der Waals surface area contributed by atoms with Gasteiger partial charge in [-0.2, -0.15) is 0 Å². The average Bonchev–Trinajstić information content (AvgIpc) is 3.18. The molecule has 1 atom stereocenters. The molecule has 3 heterocycles. The van der Waals surface area contributed by atoms with Crippen molar-refractivity contribution in [3.05, 3.63) is 65.1 Å². The molecule has 1 N–H and O–H groups in total. The second-order valence-corrected chi connectivity index (χ2v) is 7.65. The fourth-order valence-electron chi connectivity index (χ4n) is 3.81. The maximum Gasteiger partial charge on any atom is 0.251 e. The summed E-state index contributed by atoms with van der Waals surface area (Å²) in [4.78, 5) is 26.9. The van der Waals surface area contributed by atoms with Crippen molar-refractivity contribution in [2.75, 3.05) is 19.6 Å². The van der Waals surface area contributed by atoms with Crippen LogP contribution >= 0.6 is 0 Å². The Hall–Kier alpha value is -3.22. The molecule has 1 aliphatic rings. The minimum absolute atomic E-state index is 0.000934. The first-order valence-corrected chi connectivity index (χ1v) is 9.96.